The van der Waals surface area contributed by atoms with Crippen LogP contribution >= 0.6 is 11.6 Å². The fourth-order valence-electron chi connectivity index (χ4n) is 4.77. The molecule has 2 fully saturated rings. The number of rotatable bonds is 4. The summed E-state index contributed by atoms with van der Waals surface area (Å²) in [6, 6.07) is 13.7. The number of carbonyl (C=O) groups excluding carboxylic acids is 2. The summed E-state index contributed by atoms with van der Waals surface area (Å²) in [6.07, 6.45) is 5.02. The van der Waals surface area contributed by atoms with Crippen molar-refractivity contribution in [2.24, 2.45) is 0 Å². The Morgan fingerprint density at radius 2 is 1.73 bits per heavy atom. The van der Waals surface area contributed by atoms with Crippen molar-refractivity contribution in [3.63, 3.8) is 0 Å². The van der Waals surface area contributed by atoms with Crippen LogP contribution in [0.3, 0.4) is 0 Å². The van der Waals surface area contributed by atoms with E-state index in [4.69, 9.17) is 11.6 Å². The van der Waals surface area contributed by atoms with Crippen LogP contribution in [-0.4, -0.2) is 35.8 Å². The first-order valence-corrected chi connectivity index (χ1v) is 11.0. The molecule has 1 aliphatic heterocycles. The van der Waals surface area contributed by atoms with Gasteiger partial charge in [0.05, 0.1) is 11.0 Å². The third-order valence-corrected chi connectivity index (χ3v) is 6.73. The van der Waals surface area contributed by atoms with E-state index in [1.165, 1.54) is 12.1 Å². The quantitative estimate of drug-likeness (QED) is 0.766. The van der Waals surface area contributed by atoms with Gasteiger partial charge in [-0.05, 0) is 55.5 Å². The lowest BCUT2D eigenvalue weighted by Crippen LogP contribution is -2.51. The molecular formula is C24H26ClFN2O2. The number of piperidine rings is 1. The van der Waals surface area contributed by atoms with Crippen LogP contribution in [0.1, 0.15) is 54.4 Å². The van der Waals surface area contributed by atoms with Crippen molar-refractivity contribution >= 4 is 23.4 Å². The molecule has 1 heterocycles. The van der Waals surface area contributed by atoms with Crippen molar-refractivity contribution in [3.8, 4) is 0 Å². The van der Waals surface area contributed by atoms with E-state index in [-0.39, 0.29) is 23.4 Å². The third kappa shape index (κ3) is 4.08. The molecule has 1 saturated heterocycles. The fourth-order valence-corrected chi connectivity index (χ4v) is 4.96. The van der Waals surface area contributed by atoms with Gasteiger partial charge in [0.25, 0.3) is 5.91 Å². The Bertz CT molecular complexity index is 934. The highest BCUT2D eigenvalue weighted by Gasteiger charge is 2.43. The average molecular weight is 429 g/mol. The SMILES string of the molecule is O=C(c1ccccc1F)N1CCC(NC(=O)C2(c3cccc(Cl)c3)CCCC2)CC1. The van der Waals surface area contributed by atoms with E-state index in [9.17, 15) is 14.0 Å². The number of carbonyl (C=O) groups is 2. The highest BCUT2D eigenvalue weighted by molar-refractivity contribution is 6.30. The van der Waals surface area contributed by atoms with Crippen molar-refractivity contribution in [1.82, 2.24) is 10.2 Å². The molecular weight excluding hydrogens is 403 g/mol. The van der Waals surface area contributed by atoms with Crippen molar-refractivity contribution < 1.29 is 14.0 Å². The lowest BCUT2D eigenvalue weighted by atomic mass is 9.77. The van der Waals surface area contributed by atoms with Gasteiger partial charge in [0, 0.05) is 24.2 Å². The van der Waals surface area contributed by atoms with Crippen LogP contribution < -0.4 is 5.32 Å². The van der Waals surface area contributed by atoms with Crippen LogP contribution in [0.15, 0.2) is 48.5 Å². The highest BCUT2D eigenvalue weighted by atomic mass is 35.5. The molecule has 2 aromatic rings. The predicted molar refractivity (Wildman–Crippen MR) is 115 cm³/mol. The molecule has 4 rings (SSSR count). The van der Waals surface area contributed by atoms with Crippen LogP contribution in [0.25, 0.3) is 0 Å². The zero-order valence-electron chi connectivity index (χ0n) is 16.9. The van der Waals surface area contributed by atoms with Gasteiger partial charge >= 0.3 is 0 Å². The van der Waals surface area contributed by atoms with Gasteiger partial charge in [-0.2, -0.15) is 0 Å². The molecule has 30 heavy (non-hydrogen) atoms. The van der Waals surface area contributed by atoms with E-state index < -0.39 is 11.2 Å². The minimum atomic E-state index is -0.523. The largest absolute Gasteiger partial charge is 0.352 e. The van der Waals surface area contributed by atoms with Gasteiger partial charge in [-0.25, -0.2) is 4.39 Å². The molecule has 158 valence electrons. The molecule has 2 aliphatic rings. The summed E-state index contributed by atoms with van der Waals surface area (Å²) in [5.41, 5.74) is 0.563. The van der Waals surface area contributed by atoms with E-state index in [0.717, 1.165) is 31.2 Å². The Labute approximate surface area is 181 Å². The average Bonchev–Trinajstić information content (AvgIpc) is 3.26. The van der Waals surface area contributed by atoms with E-state index in [1.807, 2.05) is 24.3 Å². The lowest BCUT2D eigenvalue weighted by Gasteiger charge is -2.35. The van der Waals surface area contributed by atoms with Gasteiger partial charge in [0.1, 0.15) is 5.82 Å². The number of likely N-dealkylation sites (tertiary alicyclic amines) is 1. The first kappa shape index (κ1) is 20.9. The maximum atomic E-state index is 13.9. The maximum absolute atomic E-state index is 13.9. The van der Waals surface area contributed by atoms with Crippen LogP contribution in [0.2, 0.25) is 5.02 Å². The van der Waals surface area contributed by atoms with Crippen LogP contribution in [0.5, 0.6) is 0 Å². The Balaban J connectivity index is 1.40. The Kier molecular flexibility index (Phi) is 6.09. The maximum Gasteiger partial charge on any atom is 0.256 e. The van der Waals surface area contributed by atoms with E-state index >= 15 is 0 Å². The van der Waals surface area contributed by atoms with E-state index in [1.54, 1.807) is 17.0 Å². The molecule has 0 bridgehead atoms. The second-order valence-electron chi connectivity index (χ2n) is 8.32. The van der Waals surface area contributed by atoms with Crippen molar-refractivity contribution in [2.45, 2.75) is 50.0 Å². The second-order valence-corrected chi connectivity index (χ2v) is 8.76. The summed E-state index contributed by atoms with van der Waals surface area (Å²) in [6.45, 7) is 1.00. The standard InChI is InChI=1S/C24H26ClFN2O2/c25-18-7-5-6-17(16-18)24(12-3-4-13-24)23(30)27-19-10-14-28(15-11-19)22(29)20-8-1-2-9-21(20)26/h1-2,5-9,16,19H,3-4,10-15H2,(H,27,30). The van der Waals surface area contributed by atoms with Crippen molar-refractivity contribution in [3.05, 3.63) is 70.5 Å². The number of hydrogen-bond acceptors (Lipinski definition) is 2. The molecule has 0 aromatic heterocycles. The Morgan fingerprint density at radius 1 is 1.03 bits per heavy atom. The molecule has 6 heteroatoms. The van der Waals surface area contributed by atoms with Crippen LogP contribution in [0, 0.1) is 5.82 Å². The van der Waals surface area contributed by atoms with Gasteiger partial charge in [-0.1, -0.05) is 48.7 Å². The predicted octanol–water partition coefficient (Wildman–Crippen LogP) is 4.71. The number of hydrogen-bond donors (Lipinski definition) is 1. The van der Waals surface area contributed by atoms with Gasteiger partial charge in [-0.3, -0.25) is 9.59 Å². The van der Waals surface area contributed by atoms with E-state index in [0.29, 0.717) is 31.0 Å². The molecule has 1 saturated carbocycles. The summed E-state index contributed by atoms with van der Waals surface area (Å²) in [7, 11) is 0. The number of amides is 2. The first-order valence-electron chi connectivity index (χ1n) is 10.6. The molecule has 1 N–H and O–H groups in total. The van der Waals surface area contributed by atoms with Gasteiger partial charge < -0.3 is 10.2 Å². The normalized spacial score (nSPS) is 18.9. The second kappa shape index (κ2) is 8.76. The summed E-state index contributed by atoms with van der Waals surface area (Å²) in [5, 5.41) is 3.88. The van der Waals surface area contributed by atoms with Crippen molar-refractivity contribution in [2.75, 3.05) is 13.1 Å². The molecule has 2 amide bonds. The van der Waals surface area contributed by atoms with Crippen molar-refractivity contribution in [1.29, 1.82) is 0 Å². The highest BCUT2D eigenvalue weighted by Crippen LogP contribution is 2.42. The molecule has 0 unspecified atom stereocenters. The molecule has 0 radical (unpaired) electrons. The number of benzene rings is 2. The molecule has 1 aliphatic carbocycles. The molecule has 2 aromatic carbocycles. The van der Waals surface area contributed by atoms with Gasteiger partial charge in [0.2, 0.25) is 5.91 Å². The minimum Gasteiger partial charge on any atom is -0.352 e. The fraction of sp³-hybridized carbons (Fsp3) is 0.417. The van der Waals surface area contributed by atoms with Gasteiger partial charge in [0.15, 0.2) is 0 Å². The van der Waals surface area contributed by atoms with Crippen LogP contribution in [0.4, 0.5) is 4.39 Å². The first-order chi connectivity index (χ1) is 14.5. The molecule has 0 spiro atoms. The topological polar surface area (TPSA) is 49.4 Å². The zero-order chi connectivity index (χ0) is 21.1. The Hall–Kier alpha value is -2.40. The minimum absolute atomic E-state index is 0.0128. The summed E-state index contributed by atoms with van der Waals surface area (Å²) in [5.74, 6) is -0.729. The van der Waals surface area contributed by atoms with Gasteiger partial charge in [-0.15, -0.1) is 0 Å². The molecule has 0 atom stereocenters. The van der Waals surface area contributed by atoms with E-state index in [2.05, 4.69) is 5.32 Å². The smallest absolute Gasteiger partial charge is 0.256 e. The Morgan fingerprint density at radius 3 is 2.40 bits per heavy atom. The van der Waals surface area contributed by atoms with Crippen LogP contribution in [-0.2, 0) is 10.2 Å². The summed E-state index contributed by atoms with van der Waals surface area (Å²) >= 11 is 6.19. The number of nitrogens with zero attached hydrogens (tertiary/aromatic N) is 1. The monoisotopic (exact) mass is 428 g/mol. The lowest BCUT2D eigenvalue weighted by molar-refractivity contribution is -0.127. The summed E-state index contributed by atoms with van der Waals surface area (Å²) < 4.78 is 13.9. The third-order valence-electron chi connectivity index (χ3n) is 6.49. The molecule has 4 nitrogen and oxygen atoms in total. The number of halogens is 2. The zero-order valence-corrected chi connectivity index (χ0v) is 17.6. The number of nitrogens with one attached hydrogen (secondary N) is 1. The summed E-state index contributed by atoms with van der Waals surface area (Å²) in [4.78, 5) is 27.6.